The normalized spacial score (nSPS) is 33.8. The molecule has 27 heavy (non-hydrogen) atoms. The molecule has 0 aromatic heterocycles. The van der Waals surface area contributed by atoms with Gasteiger partial charge in [0.25, 0.3) is 0 Å². The lowest BCUT2D eigenvalue weighted by molar-refractivity contribution is -0.137. The summed E-state index contributed by atoms with van der Waals surface area (Å²) in [5, 5.41) is 3.64. The van der Waals surface area contributed by atoms with Crippen molar-refractivity contribution in [1.82, 2.24) is 4.90 Å². The standard InChI is InChI=1S/C22H28N2O3/c1-4-21-8-5-10-24-11-9-22(20(21)24)16-7-6-14(26-2)12-17(16)23-18(22)15(13-21)19(25)27-3/h6-7,12,20,23H,4-5,8-11,13H2,1-3H3. The Labute approximate surface area is 160 Å². The molecule has 0 saturated carbocycles. The Hall–Kier alpha value is -2.01. The van der Waals surface area contributed by atoms with Crippen molar-refractivity contribution < 1.29 is 14.3 Å². The zero-order valence-electron chi connectivity index (χ0n) is 16.4. The molecule has 5 nitrogen and oxygen atoms in total. The zero-order valence-corrected chi connectivity index (χ0v) is 16.4. The molecular formula is C22H28N2O3. The summed E-state index contributed by atoms with van der Waals surface area (Å²) in [5.74, 6) is 0.670. The fourth-order valence-corrected chi connectivity index (χ4v) is 6.65. The lowest BCUT2D eigenvalue weighted by atomic mass is 9.53. The van der Waals surface area contributed by atoms with Crippen LogP contribution in [0.2, 0.25) is 0 Å². The number of rotatable bonds is 3. The van der Waals surface area contributed by atoms with Crippen LogP contribution in [0.5, 0.6) is 5.75 Å². The highest BCUT2D eigenvalue weighted by molar-refractivity contribution is 5.93. The van der Waals surface area contributed by atoms with Crippen molar-refractivity contribution in [2.75, 3.05) is 32.6 Å². The molecule has 4 aliphatic rings. The molecule has 1 N–H and O–H groups in total. The first-order chi connectivity index (χ1) is 13.1. The number of methoxy groups -OCH3 is 2. The molecular weight excluding hydrogens is 340 g/mol. The van der Waals surface area contributed by atoms with Crippen molar-refractivity contribution in [1.29, 1.82) is 0 Å². The minimum atomic E-state index is -0.174. The van der Waals surface area contributed by atoms with E-state index in [2.05, 4.69) is 35.3 Å². The molecule has 0 amide bonds. The van der Waals surface area contributed by atoms with Crippen LogP contribution in [0.25, 0.3) is 0 Å². The van der Waals surface area contributed by atoms with Crippen LogP contribution in [0.15, 0.2) is 29.5 Å². The molecule has 3 heterocycles. The molecule has 2 saturated heterocycles. The number of hydrogen-bond acceptors (Lipinski definition) is 5. The van der Waals surface area contributed by atoms with Gasteiger partial charge in [-0.15, -0.1) is 0 Å². The number of carbonyl (C=O) groups is 1. The fraction of sp³-hybridized carbons (Fsp3) is 0.591. The number of anilines is 1. The molecule has 3 aliphatic heterocycles. The van der Waals surface area contributed by atoms with E-state index in [0.29, 0.717) is 6.04 Å². The SMILES string of the molecule is CCC12CCCN3CCC4(C(=C(C(=O)OC)C1)Nc1cc(OC)ccc14)C32. The Balaban J connectivity index is 1.79. The highest BCUT2D eigenvalue weighted by Gasteiger charge is 2.66. The molecule has 0 radical (unpaired) electrons. The van der Waals surface area contributed by atoms with E-state index in [0.717, 1.165) is 48.5 Å². The number of esters is 1. The Bertz CT molecular complexity index is 848. The molecule has 2 fully saturated rings. The van der Waals surface area contributed by atoms with Gasteiger partial charge in [0.1, 0.15) is 5.75 Å². The molecule has 3 atom stereocenters. The summed E-state index contributed by atoms with van der Waals surface area (Å²) in [6, 6.07) is 6.80. The van der Waals surface area contributed by atoms with Crippen LogP contribution >= 0.6 is 0 Å². The summed E-state index contributed by atoms with van der Waals surface area (Å²) in [6.45, 7) is 4.56. The maximum atomic E-state index is 12.8. The predicted octanol–water partition coefficient (Wildman–Crippen LogP) is 3.45. The van der Waals surface area contributed by atoms with E-state index in [1.165, 1.54) is 32.1 Å². The molecule has 1 aromatic rings. The van der Waals surface area contributed by atoms with Crippen LogP contribution in [-0.4, -0.2) is 44.2 Å². The fourth-order valence-electron chi connectivity index (χ4n) is 6.65. The number of benzene rings is 1. The minimum absolute atomic E-state index is 0.125. The summed E-state index contributed by atoms with van der Waals surface area (Å²) in [4.78, 5) is 15.5. The minimum Gasteiger partial charge on any atom is -0.497 e. The maximum absolute atomic E-state index is 12.8. The van der Waals surface area contributed by atoms with E-state index in [-0.39, 0.29) is 16.8 Å². The van der Waals surface area contributed by atoms with Crippen LogP contribution in [0.3, 0.4) is 0 Å². The number of hydrogen-bond donors (Lipinski definition) is 1. The van der Waals surface area contributed by atoms with Crippen molar-refractivity contribution in [3.05, 3.63) is 35.0 Å². The van der Waals surface area contributed by atoms with Gasteiger partial charge in [-0.25, -0.2) is 4.79 Å². The summed E-state index contributed by atoms with van der Waals surface area (Å²) in [7, 11) is 3.20. The van der Waals surface area contributed by atoms with E-state index >= 15 is 0 Å². The molecule has 1 aromatic carbocycles. The summed E-state index contributed by atoms with van der Waals surface area (Å²) >= 11 is 0. The van der Waals surface area contributed by atoms with Crippen LogP contribution in [-0.2, 0) is 14.9 Å². The second kappa shape index (κ2) is 5.74. The first-order valence-corrected chi connectivity index (χ1v) is 10.1. The topological polar surface area (TPSA) is 50.8 Å². The summed E-state index contributed by atoms with van der Waals surface area (Å²) in [5.41, 5.74) is 4.38. The zero-order chi connectivity index (χ0) is 18.8. The third-order valence-electron chi connectivity index (χ3n) is 7.71. The molecule has 5 rings (SSSR count). The molecule has 1 aliphatic carbocycles. The third kappa shape index (κ3) is 2.01. The van der Waals surface area contributed by atoms with E-state index < -0.39 is 0 Å². The number of ether oxygens (including phenoxy) is 2. The van der Waals surface area contributed by atoms with E-state index in [1.54, 1.807) is 7.11 Å². The van der Waals surface area contributed by atoms with Crippen LogP contribution in [0.1, 0.15) is 44.6 Å². The lowest BCUT2D eigenvalue weighted by Crippen LogP contribution is -2.59. The number of fused-ring (bicyclic) bond motifs is 1. The van der Waals surface area contributed by atoms with Crippen LogP contribution in [0, 0.1) is 5.41 Å². The smallest absolute Gasteiger partial charge is 0.335 e. The Morgan fingerprint density at radius 3 is 2.89 bits per heavy atom. The molecule has 0 bridgehead atoms. The quantitative estimate of drug-likeness (QED) is 0.828. The van der Waals surface area contributed by atoms with E-state index in [1.807, 2.05) is 0 Å². The van der Waals surface area contributed by atoms with Crippen molar-refractivity contribution in [2.24, 2.45) is 5.41 Å². The average Bonchev–Trinajstić information content (AvgIpc) is 3.26. The van der Waals surface area contributed by atoms with Gasteiger partial charge in [-0.3, -0.25) is 4.90 Å². The Kier molecular flexibility index (Phi) is 3.64. The molecule has 3 unspecified atom stereocenters. The van der Waals surface area contributed by atoms with Crippen molar-refractivity contribution >= 4 is 11.7 Å². The first-order valence-electron chi connectivity index (χ1n) is 10.1. The molecule has 144 valence electrons. The van der Waals surface area contributed by atoms with Gasteiger partial charge in [0.05, 0.1) is 25.2 Å². The highest BCUT2D eigenvalue weighted by atomic mass is 16.5. The van der Waals surface area contributed by atoms with Crippen molar-refractivity contribution in [3.8, 4) is 5.75 Å². The largest absolute Gasteiger partial charge is 0.497 e. The van der Waals surface area contributed by atoms with Gasteiger partial charge < -0.3 is 14.8 Å². The predicted molar refractivity (Wildman–Crippen MR) is 104 cm³/mol. The van der Waals surface area contributed by atoms with Crippen molar-refractivity contribution in [2.45, 2.75) is 50.5 Å². The molecule has 1 spiro atoms. The van der Waals surface area contributed by atoms with Gasteiger partial charge in [-0.1, -0.05) is 13.0 Å². The third-order valence-corrected chi connectivity index (χ3v) is 7.71. The Morgan fingerprint density at radius 2 is 2.15 bits per heavy atom. The van der Waals surface area contributed by atoms with Gasteiger partial charge in [0.15, 0.2) is 0 Å². The summed E-state index contributed by atoms with van der Waals surface area (Å²) in [6.07, 6.45) is 5.36. The number of nitrogens with zero attached hydrogens (tertiary/aromatic N) is 1. The highest BCUT2D eigenvalue weighted by Crippen LogP contribution is 2.65. The van der Waals surface area contributed by atoms with Crippen LogP contribution < -0.4 is 10.1 Å². The average molecular weight is 368 g/mol. The summed E-state index contributed by atoms with van der Waals surface area (Å²) < 4.78 is 10.7. The van der Waals surface area contributed by atoms with E-state index in [9.17, 15) is 4.79 Å². The monoisotopic (exact) mass is 368 g/mol. The second-order valence-electron chi connectivity index (χ2n) is 8.54. The van der Waals surface area contributed by atoms with Gasteiger partial charge in [0.2, 0.25) is 0 Å². The second-order valence-corrected chi connectivity index (χ2v) is 8.54. The number of piperidine rings is 1. The number of carbonyl (C=O) groups excluding carboxylic acids is 1. The lowest BCUT2D eigenvalue weighted by Gasteiger charge is -2.56. The van der Waals surface area contributed by atoms with Gasteiger partial charge in [-0.2, -0.15) is 0 Å². The van der Waals surface area contributed by atoms with Crippen LogP contribution in [0.4, 0.5) is 5.69 Å². The molecule has 5 heteroatoms. The van der Waals surface area contributed by atoms with E-state index in [4.69, 9.17) is 9.47 Å². The maximum Gasteiger partial charge on any atom is 0.335 e. The first kappa shape index (κ1) is 17.1. The van der Waals surface area contributed by atoms with Gasteiger partial charge >= 0.3 is 5.97 Å². The Morgan fingerprint density at radius 1 is 1.30 bits per heavy atom. The van der Waals surface area contributed by atoms with Gasteiger partial charge in [-0.05, 0) is 62.2 Å². The van der Waals surface area contributed by atoms with Gasteiger partial charge in [0, 0.05) is 23.5 Å². The number of nitrogens with one attached hydrogen (secondary N) is 1. The van der Waals surface area contributed by atoms with Crippen molar-refractivity contribution in [3.63, 3.8) is 0 Å².